The average molecular weight is 432 g/mol. The van der Waals surface area contributed by atoms with Gasteiger partial charge in [-0.1, -0.05) is 5.16 Å². The largest absolute Gasteiger partial charge is 0.468 e. The first kappa shape index (κ1) is 22.9. The Morgan fingerprint density at radius 2 is 1.61 bits per heavy atom. The monoisotopic (exact) mass is 432 g/mol. The predicted molar refractivity (Wildman–Crippen MR) is 101 cm³/mol. The fourth-order valence-electron chi connectivity index (χ4n) is 2.35. The van der Waals surface area contributed by atoms with E-state index in [1.165, 1.54) is 19.4 Å². The third kappa shape index (κ3) is 5.14. The first-order chi connectivity index (χ1) is 14.8. The third-order valence-corrected chi connectivity index (χ3v) is 3.77. The highest BCUT2D eigenvalue weighted by Crippen LogP contribution is 2.26. The highest BCUT2D eigenvalue weighted by molar-refractivity contribution is 6.01. The molecule has 0 bridgehead atoms. The number of hydrogen-bond acceptors (Lipinski definition) is 12. The molecule has 3 heterocycles. The van der Waals surface area contributed by atoms with E-state index in [9.17, 15) is 24.5 Å². The normalized spacial score (nSPS) is 10.1. The van der Waals surface area contributed by atoms with E-state index < -0.39 is 34.4 Å². The van der Waals surface area contributed by atoms with Crippen molar-refractivity contribution in [2.45, 2.75) is 5.92 Å². The van der Waals surface area contributed by atoms with Crippen molar-refractivity contribution in [1.82, 2.24) is 15.1 Å². The van der Waals surface area contributed by atoms with Crippen LogP contribution in [0.1, 0.15) is 22.2 Å². The molecule has 0 radical (unpaired) electrons. The quantitative estimate of drug-likeness (QED) is 0.187. The maximum Gasteiger partial charge on any atom is 0.379 e. The van der Waals surface area contributed by atoms with E-state index in [1.54, 1.807) is 18.3 Å². The topological polar surface area (TPSA) is 174 Å². The molecule has 3 aromatic rings. The average Bonchev–Trinajstić information content (AvgIpc) is 3.23. The number of methoxy groups -OCH3 is 3. The van der Waals surface area contributed by atoms with E-state index in [-0.39, 0.29) is 11.5 Å². The van der Waals surface area contributed by atoms with Crippen molar-refractivity contribution in [2.75, 3.05) is 21.3 Å². The Morgan fingerprint density at radius 1 is 1.00 bits per heavy atom. The molecule has 0 aliphatic rings. The van der Waals surface area contributed by atoms with Crippen LogP contribution in [0, 0.1) is 10.1 Å². The highest BCUT2D eigenvalue weighted by atomic mass is 16.6. The summed E-state index contributed by atoms with van der Waals surface area (Å²) in [6.07, 6.45) is 2.80. The van der Waals surface area contributed by atoms with Crippen LogP contribution < -0.4 is 0 Å². The van der Waals surface area contributed by atoms with Crippen molar-refractivity contribution >= 4 is 34.6 Å². The summed E-state index contributed by atoms with van der Waals surface area (Å²) in [5.41, 5.74) is 0.219. The van der Waals surface area contributed by atoms with Crippen molar-refractivity contribution in [3.05, 3.63) is 58.2 Å². The van der Waals surface area contributed by atoms with Gasteiger partial charge >= 0.3 is 17.9 Å². The second-order valence-electron chi connectivity index (χ2n) is 5.52. The first-order valence-corrected chi connectivity index (χ1v) is 8.39. The van der Waals surface area contributed by atoms with Gasteiger partial charge in [-0.15, -0.1) is 0 Å². The molecule has 13 heteroatoms. The van der Waals surface area contributed by atoms with E-state index in [4.69, 9.17) is 4.52 Å². The number of hydrogen-bond donors (Lipinski definition) is 0. The van der Waals surface area contributed by atoms with Crippen LogP contribution in [0.25, 0.3) is 11.0 Å². The Bertz CT molecular complexity index is 1100. The number of rotatable bonds is 5. The summed E-state index contributed by atoms with van der Waals surface area (Å²) in [6.45, 7) is 0. The van der Waals surface area contributed by atoms with Crippen LogP contribution in [-0.2, 0) is 23.8 Å². The standard InChI is InChI=1S/C10H10N2O6.C8H6N2O3/c1-17-9(13)7(10(14)18-2)8-6(12(15)16)4-3-5-11-8;1-12-8(11)7-6-5(10-13-7)3-2-4-9-6/h3-5,7H,1-2H3;2-4H,1H3. The molecule has 0 saturated carbocycles. The number of fused-ring (bicyclic) bond motifs is 1. The summed E-state index contributed by atoms with van der Waals surface area (Å²) < 4.78 is 18.1. The lowest BCUT2D eigenvalue weighted by molar-refractivity contribution is -0.386. The van der Waals surface area contributed by atoms with Gasteiger partial charge in [0.25, 0.3) is 11.4 Å². The van der Waals surface area contributed by atoms with Gasteiger partial charge in [0.15, 0.2) is 0 Å². The zero-order chi connectivity index (χ0) is 23.0. The minimum atomic E-state index is -1.57. The van der Waals surface area contributed by atoms with Gasteiger partial charge < -0.3 is 18.7 Å². The number of carbonyl (C=O) groups excluding carboxylic acids is 3. The van der Waals surface area contributed by atoms with E-state index in [1.807, 2.05) is 0 Å². The van der Waals surface area contributed by atoms with Gasteiger partial charge in [-0.05, 0) is 18.2 Å². The smallest absolute Gasteiger partial charge is 0.379 e. The molecular weight excluding hydrogens is 416 g/mol. The van der Waals surface area contributed by atoms with Crippen LogP contribution in [-0.4, -0.2) is 59.3 Å². The maximum absolute atomic E-state index is 11.5. The van der Waals surface area contributed by atoms with Crippen molar-refractivity contribution in [2.24, 2.45) is 0 Å². The SMILES string of the molecule is COC(=O)C(C(=O)OC)c1ncccc1[N+](=O)[O-].COC(=O)c1onc2cccnc12. The summed E-state index contributed by atoms with van der Waals surface area (Å²) in [7, 11) is 3.40. The number of nitrogens with zero attached hydrogens (tertiary/aromatic N) is 4. The Balaban J connectivity index is 0.000000231. The van der Waals surface area contributed by atoms with Crippen LogP contribution >= 0.6 is 0 Å². The molecule has 0 aliphatic carbocycles. The molecule has 0 atom stereocenters. The second-order valence-corrected chi connectivity index (χ2v) is 5.52. The number of pyridine rings is 2. The van der Waals surface area contributed by atoms with Crippen molar-refractivity contribution in [1.29, 1.82) is 0 Å². The van der Waals surface area contributed by atoms with Gasteiger partial charge in [-0.2, -0.15) is 0 Å². The number of aromatic nitrogens is 3. The summed E-state index contributed by atoms with van der Waals surface area (Å²) in [5, 5.41) is 14.5. The zero-order valence-electron chi connectivity index (χ0n) is 16.5. The summed E-state index contributed by atoms with van der Waals surface area (Å²) >= 11 is 0. The predicted octanol–water partition coefficient (Wildman–Crippen LogP) is 1.43. The summed E-state index contributed by atoms with van der Waals surface area (Å²) in [5.74, 6) is -4.03. The van der Waals surface area contributed by atoms with Gasteiger partial charge in [-0.3, -0.25) is 29.7 Å². The second kappa shape index (κ2) is 10.4. The van der Waals surface area contributed by atoms with Crippen LogP contribution in [0.2, 0.25) is 0 Å². The van der Waals surface area contributed by atoms with Crippen molar-refractivity contribution in [3.63, 3.8) is 0 Å². The molecule has 13 nitrogen and oxygen atoms in total. The Labute approximate surface area is 174 Å². The van der Waals surface area contributed by atoms with E-state index in [0.717, 1.165) is 20.3 Å². The van der Waals surface area contributed by atoms with Crippen LogP contribution in [0.5, 0.6) is 0 Å². The van der Waals surface area contributed by atoms with E-state index in [0.29, 0.717) is 11.0 Å². The van der Waals surface area contributed by atoms with Gasteiger partial charge in [0.1, 0.15) is 16.7 Å². The van der Waals surface area contributed by atoms with Gasteiger partial charge in [0.2, 0.25) is 5.92 Å². The fourth-order valence-corrected chi connectivity index (χ4v) is 2.35. The molecule has 0 unspecified atom stereocenters. The minimum absolute atomic E-state index is 0.0399. The summed E-state index contributed by atoms with van der Waals surface area (Å²) in [4.78, 5) is 51.8. The lowest BCUT2D eigenvalue weighted by Crippen LogP contribution is -2.26. The van der Waals surface area contributed by atoms with Gasteiger partial charge in [-0.25, -0.2) is 4.79 Å². The maximum atomic E-state index is 11.5. The fraction of sp³-hybridized carbons (Fsp3) is 0.222. The summed E-state index contributed by atoms with van der Waals surface area (Å²) in [6, 6.07) is 5.89. The van der Waals surface area contributed by atoms with Crippen molar-refractivity contribution < 1.29 is 38.0 Å². The molecule has 0 saturated heterocycles. The molecule has 0 N–H and O–H groups in total. The van der Waals surface area contributed by atoms with E-state index >= 15 is 0 Å². The first-order valence-electron chi connectivity index (χ1n) is 8.39. The number of esters is 3. The van der Waals surface area contributed by atoms with Gasteiger partial charge in [0, 0.05) is 18.5 Å². The molecule has 0 spiro atoms. The molecular formula is C18H16N4O9. The molecule has 0 aromatic carbocycles. The zero-order valence-corrected chi connectivity index (χ0v) is 16.5. The molecule has 31 heavy (non-hydrogen) atoms. The Kier molecular flexibility index (Phi) is 7.66. The van der Waals surface area contributed by atoms with Crippen LogP contribution in [0.15, 0.2) is 41.2 Å². The number of ether oxygens (including phenoxy) is 3. The van der Waals surface area contributed by atoms with Crippen molar-refractivity contribution in [3.8, 4) is 0 Å². The lowest BCUT2D eigenvalue weighted by Gasteiger charge is -2.11. The Morgan fingerprint density at radius 3 is 2.19 bits per heavy atom. The third-order valence-electron chi connectivity index (χ3n) is 3.77. The minimum Gasteiger partial charge on any atom is -0.468 e. The lowest BCUT2D eigenvalue weighted by atomic mass is 10.0. The molecule has 0 amide bonds. The molecule has 0 aliphatic heterocycles. The van der Waals surface area contributed by atoms with Gasteiger partial charge in [0.05, 0.1) is 26.3 Å². The molecule has 0 fully saturated rings. The number of nitro groups is 1. The molecule has 3 aromatic heterocycles. The van der Waals surface area contributed by atoms with E-state index in [2.05, 4.69) is 29.3 Å². The highest BCUT2D eigenvalue weighted by Gasteiger charge is 2.37. The van der Waals surface area contributed by atoms with Crippen LogP contribution in [0.3, 0.4) is 0 Å². The molecule has 3 rings (SSSR count). The van der Waals surface area contributed by atoms with Crippen LogP contribution in [0.4, 0.5) is 5.69 Å². The number of carbonyl (C=O) groups is 3. The Hall–Kier alpha value is -4.42. The molecule has 162 valence electrons.